The Morgan fingerprint density at radius 2 is 1.76 bits per heavy atom. The van der Waals surface area contributed by atoms with E-state index >= 15 is 0 Å². The van der Waals surface area contributed by atoms with Gasteiger partial charge in [0, 0.05) is 5.41 Å². The lowest BCUT2D eigenvalue weighted by molar-refractivity contribution is -0.548. The molecule has 1 fully saturated rings. The van der Waals surface area contributed by atoms with Gasteiger partial charge in [-0.05, 0) is 40.6 Å². The molecule has 3 aliphatic heterocycles. The zero-order valence-electron chi connectivity index (χ0n) is 16.4. The summed E-state index contributed by atoms with van der Waals surface area (Å²) in [6, 6.07) is 0. The minimum absolute atomic E-state index is 0.0346. The predicted octanol–water partition coefficient (Wildman–Crippen LogP) is 1.40. The van der Waals surface area contributed by atoms with Crippen molar-refractivity contribution >= 4 is 32.8 Å². The quantitative estimate of drug-likeness (QED) is 0.682. The Kier molecular flexibility index (Phi) is 3.98. The number of carbonyl (C=O) groups excluding carboxylic acids is 1. The molecule has 1 saturated heterocycles. The van der Waals surface area contributed by atoms with Crippen molar-refractivity contribution in [3.8, 4) is 0 Å². The molecule has 0 aromatic heterocycles. The van der Waals surface area contributed by atoms with E-state index in [0.29, 0.717) is 4.62 Å². The van der Waals surface area contributed by atoms with E-state index in [-0.39, 0.29) is 46.1 Å². The van der Waals surface area contributed by atoms with E-state index < -0.39 is 0 Å². The van der Waals surface area contributed by atoms with Gasteiger partial charge < -0.3 is 4.74 Å². The fourth-order valence-corrected chi connectivity index (χ4v) is 4.89. The Morgan fingerprint density at radius 1 is 1.16 bits per heavy atom. The molecule has 7 heteroatoms. The minimum atomic E-state index is -0.370. The lowest BCUT2D eigenvalue weighted by Crippen LogP contribution is -2.89. The van der Waals surface area contributed by atoms with Crippen molar-refractivity contribution < 1.29 is 14.5 Å². The third kappa shape index (κ3) is 2.27. The molecule has 3 aliphatic rings. The molecule has 25 heavy (non-hydrogen) atoms. The number of hydrogen-bond acceptors (Lipinski definition) is 4. The van der Waals surface area contributed by atoms with Crippen molar-refractivity contribution in [3.05, 3.63) is 0 Å². The predicted molar refractivity (Wildman–Crippen MR) is 101 cm³/mol. The van der Waals surface area contributed by atoms with E-state index in [2.05, 4.69) is 86.7 Å². The first-order valence-corrected chi connectivity index (χ1v) is 9.63. The van der Waals surface area contributed by atoms with Crippen LogP contribution in [0.1, 0.15) is 55.4 Å². The molecule has 3 rings (SSSR count). The normalized spacial score (nSPS) is 37.3. The number of nitrogens with one attached hydrogen (secondary N) is 2. The van der Waals surface area contributed by atoms with Gasteiger partial charge in [0.05, 0.1) is 5.60 Å². The molecule has 0 spiro atoms. The van der Waals surface area contributed by atoms with Crippen LogP contribution in [0.5, 0.6) is 0 Å². The molecule has 0 aliphatic carbocycles. The van der Waals surface area contributed by atoms with Crippen LogP contribution in [0.3, 0.4) is 0 Å². The molecule has 3 heterocycles. The van der Waals surface area contributed by atoms with Crippen LogP contribution in [-0.2, 0) is 9.53 Å². The molecular weight excluding hydrogens is 384 g/mol. The summed E-state index contributed by atoms with van der Waals surface area (Å²) in [7, 11) is 0. The highest BCUT2D eigenvalue weighted by atomic mass is 79.9. The fourth-order valence-electron chi connectivity index (χ4n) is 4.25. The monoisotopic (exact) mass is 413 g/mol. The van der Waals surface area contributed by atoms with Crippen LogP contribution in [-0.4, -0.2) is 39.9 Å². The standard InChI is InChI=1S/C18H29BrN4O2/c1-15(2)14(25-18(7,8)17(5,6)16(15,3)4)23-12-10(11(19)22-23)13(24)21-9-20-12/h9-10,12,14H,1-8H3,(H,20,21,24)/p+1/t10-,12+,14+/m0/s1. The SMILES string of the molecule is CC1(C)O[C@@H](N2N=C(Br)[C@@H]3C(=O)NC=[NH+][C@@H]32)C(C)(C)C(C)(C)C1(C)C. The number of ether oxygens (including phenoxy) is 1. The van der Waals surface area contributed by atoms with Crippen molar-refractivity contribution in [2.75, 3.05) is 0 Å². The van der Waals surface area contributed by atoms with Crippen LogP contribution in [0.25, 0.3) is 0 Å². The van der Waals surface area contributed by atoms with Crippen molar-refractivity contribution in [2.24, 2.45) is 27.3 Å². The summed E-state index contributed by atoms with van der Waals surface area (Å²) in [4.78, 5) is 15.5. The first kappa shape index (κ1) is 18.8. The highest BCUT2D eigenvalue weighted by Gasteiger charge is 2.66. The van der Waals surface area contributed by atoms with Gasteiger partial charge in [0.1, 0.15) is 4.62 Å². The molecule has 0 saturated carbocycles. The van der Waals surface area contributed by atoms with E-state index in [1.54, 1.807) is 6.34 Å². The summed E-state index contributed by atoms with van der Waals surface area (Å²) in [5, 5.41) is 9.33. The number of nitrogens with zero attached hydrogens (tertiary/aromatic N) is 2. The van der Waals surface area contributed by atoms with Crippen LogP contribution in [0.15, 0.2) is 5.10 Å². The number of hydrazone groups is 1. The molecule has 0 aromatic carbocycles. The van der Waals surface area contributed by atoms with E-state index in [1.807, 2.05) is 5.01 Å². The number of amides is 1. The maximum atomic E-state index is 12.3. The Morgan fingerprint density at radius 3 is 2.36 bits per heavy atom. The van der Waals surface area contributed by atoms with E-state index in [9.17, 15) is 4.79 Å². The number of carbonyl (C=O) groups is 1. The van der Waals surface area contributed by atoms with Gasteiger partial charge in [0.25, 0.3) is 0 Å². The first-order valence-electron chi connectivity index (χ1n) is 8.84. The molecular formula is C18H30BrN4O2+. The van der Waals surface area contributed by atoms with Gasteiger partial charge in [-0.2, -0.15) is 5.10 Å². The molecule has 140 valence electrons. The van der Waals surface area contributed by atoms with Gasteiger partial charge in [-0.1, -0.05) is 41.5 Å². The molecule has 0 radical (unpaired) electrons. The van der Waals surface area contributed by atoms with E-state index in [1.165, 1.54) is 0 Å². The van der Waals surface area contributed by atoms with Crippen molar-refractivity contribution in [1.29, 1.82) is 0 Å². The summed E-state index contributed by atoms with van der Waals surface area (Å²) in [5.74, 6) is -0.431. The minimum Gasteiger partial charge on any atom is -0.350 e. The van der Waals surface area contributed by atoms with Crippen molar-refractivity contribution in [2.45, 2.75) is 73.4 Å². The lowest BCUT2D eigenvalue weighted by atomic mass is 9.48. The third-order valence-corrected chi connectivity index (χ3v) is 8.41. The highest BCUT2D eigenvalue weighted by Crippen LogP contribution is 2.63. The lowest BCUT2D eigenvalue weighted by Gasteiger charge is -2.66. The van der Waals surface area contributed by atoms with Crippen molar-refractivity contribution in [1.82, 2.24) is 10.3 Å². The number of fused-ring (bicyclic) bond motifs is 1. The van der Waals surface area contributed by atoms with Gasteiger partial charge in [0.15, 0.2) is 12.1 Å². The number of hydrogen-bond donors (Lipinski definition) is 2. The van der Waals surface area contributed by atoms with Crippen LogP contribution in [0.4, 0.5) is 0 Å². The topological polar surface area (TPSA) is 67.9 Å². The molecule has 0 bridgehead atoms. The van der Waals surface area contributed by atoms with Crippen LogP contribution in [0.2, 0.25) is 0 Å². The van der Waals surface area contributed by atoms with Crippen LogP contribution < -0.4 is 10.3 Å². The largest absolute Gasteiger partial charge is 0.350 e. The zero-order valence-corrected chi connectivity index (χ0v) is 18.0. The summed E-state index contributed by atoms with van der Waals surface area (Å²) in [6.07, 6.45) is 1.08. The van der Waals surface area contributed by atoms with E-state index in [0.717, 1.165) is 0 Å². The maximum Gasteiger partial charge on any atom is 0.323 e. The number of rotatable bonds is 1. The van der Waals surface area contributed by atoms with Gasteiger partial charge in [0.2, 0.25) is 12.5 Å². The maximum absolute atomic E-state index is 12.3. The van der Waals surface area contributed by atoms with Crippen LogP contribution >= 0.6 is 15.9 Å². The second-order valence-corrected chi connectivity index (χ2v) is 10.3. The van der Waals surface area contributed by atoms with Gasteiger partial charge in [-0.3, -0.25) is 4.99 Å². The molecule has 1 amide bonds. The van der Waals surface area contributed by atoms with Crippen molar-refractivity contribution in [3.63, 3.8) is 0 Å². The summed E-state index contributed by atoms with van der Waals surface area (Å²) in [6.45, 7) is 17.9. The molecule has 3 atom stereocenters. The summed E-state index contributed by atoms with van der Waals surface area (Å²) in [5.41, 5.74) is -0.637. The third-order valence-electron chi connectivity index (χ3n) is 7.76. The highest BCUT2D eigenvalue weighted by molar-refractivity contribution is 9.18. The molecule has 6 nitrogen and oxygen atoms in total. The Hall–Kier alpha value is -0.950. The molecule has 0 aromatic rings. The van der Waals surface area contributed by atoms with Gasteiger partial charge >= 0.3 is 5.91 Å². The summed E-state index contributed by atoms with van der Waals surface area (Å²) < 4.78 is 7.30. The van der Waals surface area contributed by atoms with E-state index in [4.69, 9.17) is 4.74 Å². The Bertz CT molecular complexity index is 666. The summed E-state index contributed by atoms with van der Waals surface area (Å²) >= 11 is 3.48. The second kappa shape index (κ2) is 5.28. The van der Waals surface area contributed by atoms with Gasteiger partial charge in [-0.15, -0.1) is 0 Å². The first-order chi connectivity index (χ1) is 11.3. The Balaban J connectivity index is 2.07. The van der Waals surface area contributed by atoms with Gasteiger partial charge in [-0.25, -0.2) is 15.1 Å². The average molecular weight is 414 g/mol. The Labute approximate surface area is 158 Å². The number of halogens is 1. The van der Waals surface area contributed by atoms with Crippen LogP contribution in [0, 0.1) is 22.2 Å². The molecule has 2 N–H and O–H groups in total. The second-order valence-electron chi connectivity index (χ2n) is 9.50. The average Bonchev–Trinajstić information content (AvgIpc) is 2.81. The smallest absolute Gasteiger partial charge is 0.323 e. The zero-order chi connectivity index (χ0) is 19.0. The fraction of sp³-hybridized carbons (Fsp3) is 0.833. The molecule has 0 unspecified atom stereocenters.